The van der Waals surface area contributed by atoms with Crippen molar-refractivity contribution >= 4 is 10.0 Å². The predicted octanol–water partition coefficient (Wildman–Crippen LogP) is 1.42. The lowest BCUT2D eigenvalue weighted by atomic mass is 10.1. The van der Waals surface area contributed by atoms with E-state index in [0.717, 1.165) is 18.7 Å². The Balaban J connectivity index is 1.98. The zero-order valence-electron chi connectivity index (χ0n) is 12.0. The molecule has 20 heavy (non-hydrogen) atoms. The molecule has 1 N–H and O–H groups in total. The second-order valence-electron chi connectivity index (χ2n) is 5.10. The summed E-state index contributed by atoms with van der Waals surface area (Å²) in [5.41, 5.74) is 1.13. The zero-order valence-corrected chi connectivity index (χ0v) is 12.8. The smallest absolute Gasteiger partial charge is 0.213 e. The maximum atomic E-state index is 11.8. The van der Waals surface area contributed by atoms with Crippen LogP contribution in [0.5, 0.6) is 5.75 Å². The lowest BCUT2D eigenvalue weighted by molar-refractivity contribution is 0.146. The van der Waals surface area contributed by atoms with Crippen molar-refractivity contribution in [3.63, 3.8) is 0 Å². The van der Waals surface area contributed by atoms with Crippen molar-refractivity contribution in [2.24, 2.45) is 0 Å². The van der Waals surface area contributed by atoms with Gasteiger partial charge in [0.05, 0.1) is 5.75 Å². The summed E-state index contributed by atoms with van der Waals surface area (Å²) in [6.45, 7) is 6.37. The number of aromatic hydroxyl groups is 1. The summed E-state index contributed by atoms with van der Waals surface area (Å²) in [6, 6.07) is 7.42. The molecular weight excluding hydrogens is 276 g/mol. The largest absolute Gasteiger partial charge is 0.508 e. The molecule has 1 aliphatic heterocycles. The van der Waals surface area contributed by atoms with E-state index in [1.54, 1.807) is 23.4 Å². The van der Waals surface area contributed by atoms with Crippen molar-refractivity contribution in [1.82, 2.24) is 9.21 Å². The second kappa shape index (κ2) is 6.11. The summed E-state index contributed by atoms with van der Waals surface area (Å²) in [5.74, 6) is 0.431. The minimum Gasteiger partial charge on any atom is -0.508 e. The fraction of sp³-hybridized carbons (Fsp3) is 0.571. The molecule has 0 bridgehead atoms. The van der Waals surface area contributed by atoms with Crippen molar-refractivity contribution in [1.29, 1.82) is 0 Å². The Morgan fingerprint density at radius 2 is 1.70 bits per heavy atom. The SMILES string of the molecule is CCS(=O)(=O)N1CCN(C(C)c2ccc(O)cc2)CC1. The highest BCUT2D eigenvalue weighted by molar-refractivity contribution is 7.89. The maximum absolute atomic E-state index is 11.8. The average molecular weight is 298 g/mol. The molecule has 5 nitrogen and oxygen atoms in total. The molecule has 0 spiro atoms. The monoisotopic (exact) mass is 298 g/mol. The van der Waals surface area contributed by atoms with Gasteiger partial charge in [-0.3, -0.25) is 4.90 Å². The molecule has 0 radical (unpaired) electrons. The molecule has 1 atom stereocenters. The topological polar surface area (TPSA) is 60.9 Å². The van der Waals surface area contributed by atoms with Crippen LogP contribution in [0.3, 0.4) is 0 Å². The van der Waals surface area contributed by atoms with Crippen molar-refractivity contribution < 1.29 is 13.5 Å². The molecule has 2 rings (SSSR count). The molecule has 112 valence electrons. The van der Waals surface area contributed by atoms with E-state index >= 15 is 0 Å². The van der Waals surface area contributed by atoms with E-state index in [1.165, 1.54) is 0 Å². The number of nitrogens with zero attached hydrogens (tertiary/aromatic N) is 2. The Kier molecular flexibility index (Phi) is 4.67. The third-order valence-electron chi connectivity index (χ3n) is 3.95. The Labute approximate surface area is 120 Å². The van der Waals surface area contributed by atoms with Gasteiger partial charge in [0.1, 0.15) is 5.75 Å². The molecule has 1 aromatic carbocycles. The molecule has 1 heterocycles. The van der Waals surface area contributed by atoms with Gasteiger partial charge in [-0.05, 0) is 31.5 Å². The number of sulfonamides is 1. The van der Waals surface area contributed by atoms with Gasteiger partial charge in [0.25, 0.3) is 0 Å². The number of phenols is 1. The summed E-state index contributed by atoms with van der Waals surface area (Å²) in [6.07, 6.45) is 0. The van der Waals surface area contributed by atoms with E-state index in [9.17, 15) is 13.5 Å². The van der Waals surface area contributed by atoms with E-state index < -0.39 is 10.0 Å². The van der Waals surface area contributed by atoms with Gasteiger partial charge in [0.2, 0.25) is 10.0 Å². The average Bonchev–Trinajstić information content (AvgIpc) is 2.47. The van der Waals surface area contributed by atoms with Crippen LogP contribution in [0, 0.1) is 0 Å². The van der Waals surface area contributed by atoms with Crippen LogP contribution >= 0.6 is 0 Å². The van der Waals surface area contributed by atoms with E-state index in [0.29, 0.717) is 13.1 Å². The molecule has 6 heteroatoms. The summed E-state index contributed by atoms with van der Waals surface area (Å²) >= 11 is 0. The summed E-state index contributed by atoms with van der Waals surface area (Å²) in [7, 11) is -3.07. The normalized spacial score (nSPS) is 19.9. The first kappa shape index (κ1) is 15.3. The van der Waals surface area contributed by atoms with Crippen molar-refractivity contribution in [2.75, 3.05) is 31.9 Å². The first-order chi connectivity index (χ1) is 9.44. The van der Waals surface area contributed by atoms with Gasteiger partial charge in [-0.25, -0.2) is 8.42 Å². The van der Waals surface area contributed by atoms with Crippen LogP contribution in [0.2, 0.25) is 0 Å². The Morgan fingerprint density at radius 1 is 1.15 bits per heavy atom. The summed E-state index contributed by atoms with van der Waals surface area (Å²) in [5, 5.41) is 9.31. The van der Waals surface area contributed by atoms with Crippen LogP contribution in [0.1, 0.15) is 25.5 Å². The second-order valence-corrected chi connectivity index (χ2v) is 7.36. The van der Waals surface area contributed by atoms with Crippen molar-refractivity contribution in [3.8, 4) is 5.75 Å². The number of piperazine rings is 1. The third kappa shape index (κ3) is 3.31. The van der Waals surface area contributed by atoms with Gasteiger partial charge in [0.15, 0.2) is 0 Å². The Morgan fingerprint density at radius 3 is 2.20 bits per heavy atom. The lowest BCUT2D eigenvalue weighted by Crippen LogP contribution is -2.49. The summed E-state index contributed by atoms with van der Waals surface area (Å²) in [4.78, 5) is 2.27. The number of rotatable bonds is 4. The number of hydrogen-bond acceptors (Lipinski definition) is 4. The van der Waals surface area contributed by atoms with Crippen LogP contribution in [0.4, 0.5) is 0 Å². The van der Waals surface area contributed by atoms with Gasteiger partial charge in [-0.2, -0.15) is 4.31 Å². The zero-order chi connectivity index (χ0) is 14.8. The highest BCUT2D eigenvalue weighted by Gasteiger charge is 2.27. The molecule has 1 unspecified atom stereocenters. The fourth-order valence-corrected chi connectivity index (χ4v) is 3.60. The number of phenolic OH excluding ortho intramolecular Hbond substituents is 1. The molecular formula is C14H22N2O3S. The van der Waals surface area contributed by atoms with Gasteiger partial charge < -0.3 is 5.11 Å². The number of hydrogen-bond donors (Lipinski definition) is 1. The molecule has 1 saturated heterocycles. The quantitative estimate of drug-likeness (QED) is 0.913. The molecule has 1 fully saturated rings. The molecule has 0 amide bonds. The third-order valence-corrected chi connectivity index (χ3v) is 5.84. The standard InChI is InChI=1S/C14H22N2O3S/c1-3-20(18,19)16-10-8-15(9-11-16)12(2)13-4-6-14(17)7-5-13/h4-7,12,17H,3,8-11H2,1-2H3. The van der Waals surface area contributed by atoms with Crippen LogP contribution in [0.25, 0.3) is 0 Å². The van der Waals surface area contributed by atoms with E-state index in [4.69, 9.17) is 0 Å². The molecule has 0 saturated carbocycles. The van der Waals surface area contributed by atoms with Crippen LogP contribution < -0.4 is 0 Å². The molecule has 0 aliphatic carbocycles. The minimum absolute atomic E-state index is 0.167. The van der Waals surface area contributed by atoms with Crippen LogP contribution in [-0.4, -0.2) is 54.7 Å². The highest BCUT2D eigenvalue weighted by Crippen LogP contribution is 2.23. The van der Waals surface area contributed by atoms with Gasteiger partial charge in [0, 0.05) is 32.2 Å². The highest BCUT2D eigenvalue weighted by atomic mass is 32.2. The van der Waals surface area contributed by atoms with Crippen molar-refractivity contribution in [3.05, 3.63) is 29.8 Å². The fourth-order valence-electron chi connectivity index (χ4n) is 2.52. The van der Waals surface area contributed by atoms with Crippen molar-refractivity contribution in [2.45, 2.75) is 19.9 Å². The van der Waals surface area contributed by atoms with Gasteiger partial charge in [-0.1, -0.05) is 12.1 Å². The Hall–Kier alpha value is -1.11. The van der Waals surface area contributed by atoms with Crippen LogP contribution in [0.15, 0.2) is 24.3 Å². The van der Waals surface area contributed by atoms with Gasteiger partial charge >= 0.3 is 0 Å². The number of benzene rings is 1. The van der Waals surface area contributed by atoms with Crippen LogP contribution in [-0.2, 0) is 10.0 Å². The first-order valence-electron chi connectivity index (χ1n) is 6.95. The van der Waals surface area contributed by atoms with E-state index in [1.807, 2.05) is 12.1 Å². The predicted molar refractivity (Wildman–Crippen MR) is 79.1 cm³/mol. The molecule has 1 aromatic rings. The molecule has 0 aromatic heterocycles. The van der Waals surface area contributed by atoms with E-state index in [-0.39, 0.29) is 17.5 Å². The Bertz CT molecular complexity index is 534. The lowest BCUT2D eigenvalue weighted by Gasteiger charge is -2.37. The minimum atomic E-state index is -3.07. The molecule has 1 aliphatic rings. The first-order valence-corrected chi connectivity index (χ1v) is 8.55. The summed E-state index contributed by atoms with van der Waals surface area (Å²) < 4.78 is 25.2. The maximum Gasteiger partial charge on any atom is 0.213 e. The van der Waals surface area contributed by atoms with Gasteiger partial charge in [-0.15, -0.1) is 0 Å². The van der Waals surface area contributed by atoms with E-state index in [2.05, 4.69) is 11.8 Å².